The standard InChI is InChI=1S/C12H9N5O2/c18-11-9(7-4-2-1-3-5-7)12(19)15-10(14-11)8-6-13-17-16-8/h1-6H,(H,13,16,17)(H2,14,15,18,19). The van der Waals surface area contributed by atoms with Crippen LogP contribution in [0.1, 0.15) is 0 Å². The van der Waals surface area contributed by atoms with E-state index in [0.717, 1.165) is 0 Å². The van der Waals surface area contributed by atoms with E-state index in [2.05, 4.69) is 25.4 Å². The zero-order valence-electron chi connectivity index (χ0n) is 9.66. The fourth-order valence-electron chi connectivity index (χ4n) is 1.76. The van der Waals surface area contributed by atoms with Gasteiger partial charge in [-0.05, 0) is 5.56 Å². The van der Waals surface area contributed by atoms with Crippen LogP contribution in [0.5, 0.6) is 5.88 Å². The molecule has 0 aliphatic carbocycles. The quantitative estimate of drug-likeness (QED) is 0.631. The van der Waals surface area contributed by atoms with E-state index in [9.17, 15) is 9.90 Å². The minimum absolute atomic E-state index is 0.132. The zero-order valence-corrected chi connectivity index (χ0v) is 9.66. The van der Waals surface area contributed by atoms with E-state index in [1.54, 1.807) is 24.3 Å². The number of hydrogen-bond donors (Lipinski definition) is 3. The van der Waals surface area contributed by atoms with Crippen LogP contribution >= 0.6 is 0 Å². The summed E-state index contributed by atoms with van der Waals surface area (Å²) >= 11 is 0. The van der Waals surface area contributed by atoms with Crippen LogP contribution in [0.3, 0.4) is 0 Å². The van der Waals surface area contributed by atoms with Crippen molar-refractivity contribution in [3.63, 3.8) is 0 Å². The van der Waals surface area contributed by atoms with Crippen LogP contribution in [0.2, 0.25) is 0 Å². The molecule has 0 aliphatic heterocycles. The third-order valence-corrected chi connectivity index (χ3v) is 2.62. The average Bonchev–Trinajstić information content (AvgIpc) is 2.93. The Morgan fingerprint density at radius 2 is 1.95 bits per heavy atom. The smallest absolute Gasteiger partial charge is 0.262 e. The third kappa shape index (κ3) is 1.97. The van der Waals surface area contributed by atoms with Gasteiger partial charge in [0.25, 0.3) is 5.56 Å². The number of benzene rings is 1. The first-order valence-corrected chi connectivity index (χ1v) is 5.50. The van der Waals surface area contributed by atoms with Crippen molar-refractivity contribution in [2.75, 3.05) is 0 Å². The summed E-state index contributed by atoms with van der Waals surface area (Å²) in [6.07, 6.45) is 1.40. The van der Waals surface area contributed by atoms with Crippen molar-refractivity contribution < 1.29 is 5.11 Å². The van der Waals surface area contributed by atoms with Crippen molar-refractivity contribution in [3.05, 3.63) is 46.9 Å². The number of hydrogen-bond acceptors (Lipinski definition) is 5. The molecule has 2 aromatic heterocycles. The fourth-order valence-corrected chi connectivity index (χ4v) is 1.76. The largest absolute Gasteiger partial charge is 0.493 e. The minimum Gasteiger partial charge on any atom is -0.493 e. The summed E-state index contributed by atoms with van der Waals surface area (Å²) in [7, 11) is 0. The second-order valence-electron chi connectivity index (χ2n) is 3.83. The topological polar surface area (TPSA) is 108 Å². The van der Waals surface area contributed by atoms with Crippen LogP contribution in [0.25, 0.3) is 22.6 Å². The maximum atomic E-state index is 12.0. The molecule has 2 heterocycles. The predicted octanol–water partition coefficient (Wildman–Crippen LogP) is 0.928. The molecule has 0 amide bonds. The Balaban J connectivity index is 2.17. The predicted molar refractivity (Wildman–Crippen MR) is 67.3 cm³/mol. The molecule has 0 atom stereocenters. The van der Waals surface area contributed by atoms with Gasteiger partial charge >= 0.3 is 0 Å². The fraction of sp³-hybridized carbons (Fsp3) is 0. The minimum atomic E-state index is -0.434. The summed E-state index contributed by atoms with van der Waals surface area (Å²) < 4.78 is 0. The van der Waals surface area contributed by atoms with Gasteiger partial charge in [-0.25, -0.2) is 0 Å². The molecule has 7 heteroatoms. The monoisotopic (exact) mass is 255 g/mol. The highest BCUT2D eigenvalue weighted by molar-refractivity contribution is 5.68. The highest BCUT2D eigenvalue weighted by atomic mass is 16.3. The lowest BCUT2D eigenvalue weighted by molar-refractivity contribution is 0.454. The van der Waals surface area contributed by atoms with Crippen LogP contribution in [0.15, 0.2) is 41.3 Å². The molecule has 0 saturated heterocycles. The van der Waals surface area contributed by atoms with Gasteiger partial charge in [0.15, 0.2) is 5.82 Å². The number of aromatic hydroxyl groups is 1. The van der Waals surface area contributed by atoms with Gasteiger partial charge < -0.3 is 10.1 Å². The number of aromatic amines is 2. The van der Waals surface area contributed by atoms with Crippen molar-refractivity contribution in [1.82, 2.24) is 25.4 Å². The first-order valence-electron chi connectivity index (χ1n) is 5.50. The Hall–Kier alpha value is -2.96. The molecule has 3 rings (SSSR count). The van der Waals surface area contributed by atoms with E-state index in [1.807, 2.05) is 6.07 Å². The molecule has 94 valence electrons. The van der Waals surface area contributed by atoms with Gasteiger partial charge in [-0.15, -0.1) is 0 Å². The Morgan fingerprint density at radius 3 is 2.58 bits per heavy atom. The van der Waals surface area contributed by atoms with Crippen LogP contribution in [-0.2, 0) is 0 Å². The zero-order chi connectivity index (χ0) is 13.2. The van der Waals surface area contributed by atoms with E-state index in [-0.39, 0.29) is 17.3 Å². The van der Waals surface area contributed by atoms with Crippen molar-refractivity contribution in [2.24, 2.45) is 0 Å². The van der Waals surface area contributed by atoms with Crippen molar-refractivity contribution >= 4 is 0 Å². The Morgan fingerprint density at radius 1 is 1.16 bits per heavy atom. The molecule has 19 heavy (non-hydrogen) atoms. The molecule has 1 aromatic carbocycles. The molecule has 0 aliphatic rings. The Kier molecular flexibility index (Phi) is 2.57. The maximum Gasteiger partial charge on any atom is 0.262 e. The Bertz CT molecular complexity index is 750. The SMILES string of the molecule is O=c1[nH]c(-c2cn[nH]n2)nc(O)c1-c1ccccc1. The number of rotatable bonds is 2. The van der Waals surface area contributed by atoms with E-state index in [1.165, 1.54) is 6.20 Å². The van der Waals surface area contributed by atoms with Gasteiger partial charge in [-0.2, -0.15) is 20.4 Å². The summed E-state index contributed by atoms with van der Waals surface area (Å²) in [5.74, 6) is -0.177. The molecule has 0 bridgehead atoms. The second kappa shape index (κ2) is 4.37. The molecular weight excluding hydrogens is 246 g/mol. The lowest BCUT2D eigenvalue weighted by Crippen LogP contribution is -2.12. The maximum absolute atomic E-state index is 12.0. The summed E-state index contributed by atoms with van der Waals surface area (Å²) in [4.78, 5) is 18.5. The van der Waals surface area contributed by atoms with E-state index < -0.39 is 5.56 Å². The molecule has 7 nitrogen and oxygen atoms in total. The van der Waals surface area contributed by atoms with E-state index in [0.29, 0.717) is 11.3 Å². The second-order valence-corrected chi connectivity index (χ2v) is 3.83. The van der Waals surface area contributed by atoms with Crippen LogP contribution in [-0.4, -0.2) is 30.5 Å². The van der Waals surface area contributed by atoms with Crippen LogP contribution in [0, 0.1) is 0 Å². The lowest BCUT2D eigenvalue weighted by atomic mass is 10.1. The molecule has 0 unspecified atom stereocenters. The lowest BCUT2D eigenvalue weighted by Gasteiger charge is -2.04. The van der Waals surface area contributed by atoms with Crippen molar-refractivity contribution in [1.29, 1.82) is 0 Å². The molecule has 0 spiro atoms. The first kappa shape index (κ1) is 11.1. The molecule has 0 fully saturated rings. The number of nitrogens with zero attached hydrogens (tertiary/aromatic N) is 3. The van der Waals surface area contributed by atoms with Crippen molar-refractivity contribution in [2.45, 2.75) is 0 Å². The van der Waals surface area contributed by atoms with Crippen LogP contribution < -0.4 is 5.56 Å². The molecule has 3 aromatic rings. The molecular formula is C12H9N5O2. The summed E-state index contributed by atoms with van der Waals surface area (Å²) in [5.41, 5.74) is 0.650. The Labute approximate surface area is 107 Å². The molecule has 0 saturated carbocycles. The van der Waals surface area contributed by atoms with Gasteiger partial charge in [0, 0.05) is 0 Å². The van der Waals surface area contributed by atoms with Gasteiger partial charge in [-0.3, -0.25) is 4.79 Å². The van der Waals surface area contributed by atoms with Gasteiger partial charge in [-0.1, -0.05) is 30.3 Å². The van der Waals surface area contributed by atoms with Crippen molar-refractivity contribution in [3.8, 4) is 28.5 Å². The molecule has 3 N–H and O–H groups in total. The summed E-state index contributed by atoms with van der Waals surface area (Å²) in [5, 5.41) is 19.8. The molecule has 0 radical (unpaired) electrons. The third-order valence-electron chi connectivity index (χ3n) is 2.62. The average molecular weight is 255 g/mol. The highest BCUT2D eigenvalue weighted by Crippen LogP contribution is 2.24. The normalized spacial score (nSPS) is 10.5. The number of aromatic nitrogens is 5. The van der Waals surface area contributed by atoms with Gasteiger partial charge in [0.2, 0.25) is 5.88 Å². The summed E-state index contributed by atoms with van der Waals surface area (Å²) in [6, 6.07) is 8.83. The van der Waals surface area contributed by atoms with E-state index in [4.69, 9.17) is 0 Å². The number of nitrogens with one attached hydrogen (secondary N) is 2. The highest BCUT2D eigenvalue weighted by Gasteiger charge is 2.14. The summed E-state index contributed by atoms with van der Waals surface area (Å²) in [6.45, 7) is 0. The van der Waals surface area contributed by atoms with E-state index >= 15 is 0 Å². The number of H-pyrrole nitrogens is 2. The van der Waals surface area contributed by atoms with Crippen LogP contribution in [0.4, 0.5) is 0 Å². The first-order chi connectivity index (χ1) is 9.25. The van der Waals surface area contributed by atoms with Gasteiger partial charge in [0.1, 0.15) is 11.3 Å². The van der Waals surface area contributed by atoms with Gasteiger partial charge in [0.05, 0.1) is 6.20 Å².